The molecular weight excluding hydrogens is 208 g/mol. The van der Waals surface area contributed by atoms with Gasteiger partial charge < -0.3 is 4.74 Å². The maximum absolute atomic E-state index is 11.1. The van der Waals surface area contributed by atoms with Gasteiger partial charge in [0.05, 0.1) is 0 Å². The molecule has 2 rings (SSSR count). The molecule has 0 radical (unpaired) electrons. The summed E-state index contributed by atoms with van der Waals surface area (Å²) in [4.78, 5) is 21.9. The van der Waals surface area contributed by atoms with Crippen LogP contribution < -0.4 is 0 Å². The van der Waals surface area contributed by atoms with Crippen LogP contribution in [0, 0.1) is 5.92 Å². The Balaban J connectivity index is 2.11. The summed E-state index contributed by atoms with van der Waals surface area (Å²) in [6, 6.07) is 0. The molecule has 16 heavy (non-hydrogen) atoms. The Kier molecular flexibility index (Phi) is 2.75. The van der Waals surface area contributed by atoms with Crippen LogP contribution in [0.25, 0.3) is 0 Å². The Bertz CT molecular complexity index is 299. The molecular formula is C12H20O4. The Labute approximate surface area is 96.2 Å². The van der Waals surface area contributed by atoms with Gasteiger partial charge in [-0.15, -0.1) is 0 Å². The summed E-state index contributed by atoms with van der Waals surface area (Å²) in [5, 5.41) is 0. The average Bonchev–Trinajstić information content (AvgIpc) is 2.14. The average molecular weight is 228 g/mol. The highest BCUT2D eigenvalue weighted by molar-refractivity contribution is 5.66. The van der Waals surface area contributed by atoms with Crippen LogP contribution in [0.5, 0.6) is 0 Å². The molecule has 0 aromatic carbocycles. The quantitative estimate of drug-likeness (QED) is 0.510. The lowest BCUT2D eigenvalue weighted by Crippen LogP contribution is -2.57. The van der Waals surface area contributed by atoms with E-state index in [9.17, 15) is 4.79 Å². The van der Waals surface area contributed by atoms with Gasteiger partial charge in [0.25, 0.3) is 0 Å². The first kappa shape index (κ1) is 11.9. The lowest BCUT2D eigenvalue weighted by Gasteiger charge is -2.50. The van der Waals surface area contributed by atoms with E-state index in [-0.39, 0.29) is 17.7 Å². The Morgan fingerprint density at radius 1 is 1.38 bits per heavy atom. The van der Waals surface area contributed by atoms with Gasteiger partial charge in [0.15, 0.2) is 0 Å². The van der Waals surface area contributed by atoms with Gasteiger partial charge in [-0.3, -0.25) is 4.79 Å². The molecule has 1 aliphatic carbocycles. The van der Waals surface area contributed by atoms with E-state index in [0.29, 0.717) is 5.92 Å². The molecule has 0 aromatic heterocycles. The topological polar surface area (TPSA) is 44.8 Å². The fourth-order valence-electron chi connectivity index (χ4n) is 2.72. The molecule has 0 amide bonds. The molecule has 1 saturated carbocycles. The SMILES string of the molecule is CC(=O)O[C@]1(C)CC[C@@H]2C[C@H]1OOC2(C)C. The minimum Gasteiger partial charge on any atom is -0.457 e. The van der Waals surface area contributed by atoms with E-state index in [1.807, 2.05) is 20.8 Å². The van der Waals surface area contributed by atoms with Crippen molar-refractivity contribution in [1.82, 2.24) is 0 Å². The van der Waals surface area contributed by atoms with E-state index in [4.69, 9.17) is 14.5 Å². The fraction of sp³-hybridized carbons (Fsp3) is 0.917. The highest BCUT2D eigenvalue weighted by atomic mass is 17.2. The van der Waals surface area contributed by atoms with Crippen molar-refractivity contribution < 1.29 is 19.3 Å². The molecule has 1 saturated heterocycles. The van der Waals surface area contributed by atoms with Crippen molar-refractivity contribution in [1.29, 1.82) is 0 Å². The van der Waals surface area contributed by atoms with E-state index in [2.05, 4.69) is 0 Å². The van der Waals surface area contributed by atoms with Crippen molar-refractivity contribution in [2.75, 3.05) is 0 Å². The third-order valence-corrected chi connectivity index (χ3v) is 3.91. The van der Waals surface area contributed by atoms with Crippen LogP contribution in [0.2, 0.25) is 0 Å². The first-order valence-corrected chi connectivity index (χ1v) is 5.87. The minimum atomic E-state index is -0.529. The minimum absolute atomic E-state index is 0.136. The van der Waals surface area contributed by atoms with Gasteiger partial charge in [0.2, 0.25) is 0 Å². The molecule has 2 bridgehead atoms. The van der Waals surface area contributed by atoms with Crippen molar-refractivity contribution in [3.63, 3.8) is 0 Å². The van der Waals surface area contributed by atoms with Gasteiger partial charge in [0.1, 0.15) is 17.3 Å². The van der Waals surface area contributed by atoms with Crippen LogP contribution in [-0.4, -0.2) is 23.3 Å². The lowest BCUT2D eigenvalue weighted by atomic mass is 9.71. The summed E-state index contributed by atoms with van der Waals surface area (Å²) in [5.74, 6) is 0.226. The van der Waals surface area contributed by atoms with Crippen molar-refractivity contribution in [3.05, 3.63) is 0 Å². The molecule has 0 unspecified atom stereocenters. The summed E-state index contributed by atoms with van der Waals surface area (Å²) in [7, 11) is 0. The third-order valence-electron chi connectivity index (χ3n) is 3.91. The normalized spacial score (nSPS) is 41.5. The molecule has 1 heterocycles. The standard InChI is InChI=1S/C12H20O4/c1-8(13)14-12(4)6-5-9-7-10(12)15-16-11(9,2)3/h9-10H,5-7H2,1-4H3/t9-,10-,12-/m1/s1. The highest BCUT2D eigenvalue weighted by Crippen LogP contribution is 2.46. The highest BCUT2D eigenvalue weighted by Gasteiger charge is 2.52. The molecule has 92 valence electrons. The van der Waals surface area contributed by atoms with E-state index >= 15 is 0 Å². The van der Waals surface area contributed by atoms with Crippen LogP contribution in [-0.2, 0) is 19.3 Å². The number of esters is 1. The van der Waals surface area contributed by atoms with Gasteiger partial charge in [-0.1, -0.05) is 0 Å². The Morgan fingerprint density at radius 2 is 2.06 bits per heavy atom. The molecule has 0 N–H and O–H groups in total. The molecule has 2 fully saturated rings. The summed E-state index contributed by atoms with van der Waals surface area (Å²) in [6.45, 7) is 7.45. The van der Waals surface area contributed by atoms with E-state index in [0.717, 1.165) is 19.3 Å². The number of carbonyl (C=O) groups excluding carboxylic acids is 1. The van der Waals surface area contributed by atoms with Crippen molar-refractivity contribution >= 4 is 5.97 Å². The number of hydrogen-bond acceptors (Lipinski definition) is 4. The van der Waals surface area contributed by atoms with Gasteiger partial charge in [-0.25, -0.2) is 9.78 Å². The van der Waals surface area contributed by atoms with Gasteiger partial charge in [0, 0.05) is 6.92 Å². The molecule has 1 aliphatic heterocycles. The largest absolute Gasteiger partial charge is 0.457 e. The smallest absolute Gasteiger partial charge is 0.303 e. The molecule has 0 aromatic rings. The summed E-state index contributed by atoms with van der Waals surface area (Å²) >= 11 is 0. The molecule has 4 heteroatoms. The van der Waals surface area contributed by atoms with Crippen LogP contribution in [0.1, 0.15) is 47.0 Å². The zero-order valence-corrected chi connectivity index (χ0v) is 10.4. The molecule has 4 nitrogen and oxygen atoms in total. The monoisotopic (exact) mass is 228 g/mol. The van der Waals surface area contributed by atoms with E-state index in [1.54, 1.807) is 0 Å². The third kappa shape index (κ3) is 1.96. The fourth-order valence-corrected chi connectivity index (χ4v) is 2.72. The number of hydrogen-bond donors (Lipinski definition) is 0. The Hall–Kier alpha value is -0.610. The van der Waals surface area contributed by atoms with Crippen LogP contribution in [0.3, 0.4) is 0 Å². The maximum Gasteiger partial charge on any atom is 0.303 e. The molecule has 2 aliphatic rings. The van der Waals surface area contributed by atoms with Crippen LogP contribution in [0.15, 0.2) is 0 Å². The van der Waals surface area contributed by atoms with Crippen molar-refractivity contribution in [3.8, 4) is 0 Å². The van der Waals surface area contributed by atoms with Gasteiger partial charge in [-0.2, -0.15) is 0 Å². The van der Waals surface area contributed by atoms with E-state index in [1.165, 1.54) is 6.92 Å². The van der Waals surface area contributed by atoms with Crippen molar-refractivity contribution in [2.24, 2.45) is 5.92 Å². The van der Waals surface area contributed by atoms with E-state index < -0.39 is 5.60 Å². The zero-order valence-electron chi connectivity index (χ0n) is 10.4. The zero-order chi connectivity index (χ0) is 12.0. The number of fused-ring (bicyclic) bond motifs is 2. The first-order valence-electron chi connectivity index (χ1n) is 5.87. The molecule has 3 atom stereocenters. The predicted octanol–water partition coefficient (Wildman–Crippen LogP) is 2.22. The van der Waals surface area contributed by atoms with Gasteiger partial charge in [-0.05, 0) is 46.0 Å². The number of ether oxygens (including phenoxy) is 1. The number of carbonyl (C=O) groups is 1. The van der Waals surface area contributed by atoms with Crippen molar-refractivity contribution in [2.45, 2.75) is 64.3 Å². The van der Waals surface area contributed by atoms with Crippen LogP contribution in [0.4, 0.5) is 0 Å². The second kappa shape index (κ2) is 3.70. The molecule has 0 spiro atoms. The summed E-state index contributed by atoms with van der Waals surface area (Å²) < 4.78 is 5.39. The Morgan fingerprint density at radius 3 is 2.69 bits per heavy atom. The first-order chi connectivity index (χ1) is 7.33. The van der Waals surface area contributed by atoms with Gasteiger partial charge >= 0.3 is 5.97 Å². The number of rotatable bonds is 1. The predicted molar refractivity (Wildman–Crippen MR) is 57.5 cm³/mol. The second-order valence-corrected chi connectivity index (χ2v) is 5.65. The second-order valence-electron chi connectivity index (χ2n) is 5.65. The summed E-state index contributed by atoms with van der Waals surface area (Å²) in [6.07, 6.45) is 2.62. The summed E-state index contributed by atoms with van der Waals surface area (Å²) in [5.41, 5.74) is -0.757. The maximum atomic E-state index is 11.1. The van der Waals surface area contributed by atoms with Crippen LogP contribution >= 0.6 is 0 Å². The lowest BCUT2D eigenvalue weighted by molar-refractivity contribution is -0.442.